The van der Waals surface area contributed by atoms with Crippen LogP contribution >= 0.6 is 0 Å². The van der Waals surface area contributed by atoms with Crippen molar-refractivity contribution in [3.8, 4) is 11.5 Å². The van der Waals surface area contributed by atoms with Gasteiger partial charge in [-0.25, -0.2) is 0 Å². The average Bonchev–Trinajstić information content (AvgIpc) is 2.89. The molecular formula is C30H43NO6. The Morgan fingerprint density at radius 2 is 1.38 bits per heavy atom. The summed E-state index contributed by atoms with van der Waals surface area (Å²) in [4.78, 5) is 23.2. The minimum atomic E-state index is -0.788. The van der Waals surface area contributed by atoms with Gasteiger partial charge in [0, 0.05) is 6.42 Å². The second kappa shape index (κ2) is 19.8. The first-order chi connectivity index (χ1) is 17.9. The van der Waals surface area contributed by atoms with Gasteiger partial charge in [-0.1, -0.05) is 68.4 Å². The molecule has 1 atom stereocenters. The fourth-order valence-corrected chi connectivity index (χ4v) is 3.61. The molecule has 0 aromatic heterocycles. The number of hydrogen-bond donors (Lipinski definition) is 0. The fourth-order valence-electron chi connectivity index (χ4n) is 3.61. The standard InChI is InChI=1S/C30H43NO6/c1-5-6-7-8-9-10-11-12-13-14-15-16-17-18-19-20-21-22-30(32)37-25(2)26-23-28(35-3)29(36-4)24-27(26)31(33)34/h9-10,12-13,15-16,18-19,23-25H,5-8,11,14,17,20-22H2,1-4H3/b10-9+,13-12+,16-15+,19-18-/t25-/m1/s1. The van der Waals surface area contributed by atoms with Crippen molar-refractivity contribution in [1.82, 2.24) is 0 Å². The van der Waals surface area contributed by atoms with Crippen molar-refractivity contribution in [1.29, 1.82) is 0 Å². The number of nitro groups is 1. The van der Waals surface area contributed by atoms with Crippen LogP contribution < -0.4 is 9.47 Å². The topological polar surface area (TPSA) is 87.9 Å². The van der Waals surface area contributed by atoms with E-state index in [1.807, 2.05) is 0 Å². The number of methoxy groups -OCH3 is 2. The molecule has 1 aromatic rings. The molecule has 204 valence electrons. The minimum Gasteiger partial charge on any atom is -0.493 e. The van der Waals surface area contributed by atoms with Crippen molar-refractivity contribution >= 4 is 11.7 Å². The summed E-state index contributed by atoms with van der Waals surface area (Å²) in [6.07, 6.45) is 26.0. The Hall–Kier alpha value is -3.35. The van der Waals surface area contributed by atoms with Gasteiger partial charge in [0.25, 0.3) is 5.69 Å². The molecule has 0 aliphatic carbocycles. The summed E-state index contributed by atoms with van der Waals surface area (Å²) in [6.45, 7) is 3.83. The second-order valence-electron chi connectivity index (χ2n) is 8.64. The largest absolute Gasteiger partial charge is 0.493 e. The maximum absolute atomic E-state index is 12.3. The highest BCUT2D eigenvalue weighted by molar-refractivity contribution is 5.70. The van der Waals surface area contributed by atoms with Gasteiger partial charge >= 0.3 is 5.97 Å². The molecule has 1 rings (SSSR count). The summed E-state index contributed by atoms with van der Waals surface area (Å²) < 4.78 is 15.8. The van der Waals surface area contributed by atoms with E-state index in [4.69, 9.17) is 14.2 Å². The Morgan fingerprint density at radius 3 is 1.89 bits per heavy atom. The predicted octanol–water partition coefficient (Wildman–Crippen LogP) is 8.36. The van der Waals surface area contributed by atoms with E-state index in [1.165, 1.54) is 52.0 Å². The van der Waals surface area contributed by atoms with Crippen molar-refractivity contribution in [3.05, 3.63) is 76.4 Å². The molecule has 0 fully saturated rings. The molecule has 0 bridgehead atoms. The Balaban J connectivity index is 2.30. The number of unbranched alkanes of at least 4 members (excludes halogenated alkanes) is 4. The Kier molecular flexibility index (Phi) is 16.9. The van der Waals surface area contributed by atoms with Gasteiger partial charge in [0.15, 0.2) is 11.5 Å². The van der Waals surface area contributed by atoms with Crippen molar-refractivity contribution in [3.63, 3.8) is 0 Å². The number of allylic oxidation sites excluding steroid dienone is 8. The zero-order chi connectivity index (χ0) is 27.3. The van der Waals surface area contributed by atoms with Gasteiger partial charge in [-0.05, 0) is 57.9 Å². The number of carbonyl (C=O) groups is 1. The first-order valence-corrected chi connectivity index (χ1v) is 13.1. The number of ether oxygens (including phenoxy) is 3. The third kappa shape index (κ3) is 13.5. The van der Waals surface area contributed by atoms with Crippen LogP contribution in [0.5, 0.6) is 11.5 Å². The first-order valence-electron chi connectivity index (χ1n) is 13.1. The third-order valence-electron chi connectivity index (χ3n) is 5.68. The van der Waals surface area contributed by atoms with Gasteiger partial charge in [0.2, 0.25) is 0 Å². The lowest BCUT2D eigenvalue weighted by Crippen LogP contribution is -2.11. The molecular weight excluding hydrogens is 470 g/mol. The van der Waals surface area contributed by atoms with Crippen molar-refractivity contribution in [2.75, 3.05) is 14.2 Å². The summed E-state index contributed by atoms with van der Waals surface area (Å²) in [6, 6.07) is 2.76. The lowest BCUT2D eigenvalue weighted by Gasteiger charge is -2.16. The van der Waals surface area contributed by atoms with E-state index in [2.05, 4.69) is 55.5 Å². The van der Waals surface area contributed by atoms with Crippen LogP contribution in [0.4, 0.5) is 5.69 Å². The van der Waals surface area contributed by atoms with E-state index >= 15 is 0 Å². The van der Waals surface area contributed by atoms with Gasteiger partial charge < -0.3 is 14.2 Å². The summed E-state index contributed by atoms with van der Waals surface area (Å²) >= 11 is 0. The molecule has 7 heteroatoms. The monoisotopic (exact) mass is 513 g/mol. The Morgan fingerprint density at radius 1 is 0.865 bits per heavy atom. The molecule has 0 saturated heterocycles. The van der Waals surface area contributed by atoms with E-state index in [9.17, 15) is 14.9 Å². The van der Waals surface area contributed by atoms with Gasteiger partial charge in [0.05, 0.1) is 30.8 Å². The van der Waals surface area contributed by atoms with E-state index in [0.29, 0.717) is 12.2 Å². The summed E-state index contributed by atoms with van der Waals surface area (Å²) in [5.74, 6) is 0.189. The van der Waals surface area contributed by atoms with Crippen LogP contribution in [0.1, 0.15) is 89.7 Å². The van der Waals surface area contributed by atoms with E-state index in [0.717, 1.165) is 25.7 Å². The smallest absolute Gasteiger partial charge is 0.306 e. The van der Waals surface area contributed by atoms with Crippen molar-refractivity contribution in [2.45, 2.75) is 84.2 Å². The molecule has 0 amide bonds. The molecule has 0 unspecified atom stereocenters. The highest BCUT2D eigenvalue weighted by Gasteiger charge is 2.25. The van der Waals surface area contributed by atoms with Crippen LogP contribution in [0.2, 0.25) is 0 Å². The number of benzene rings is 1. The van der Waals surface area contributed by atoms with Crippen LogP contribution in [-0.4, -0.2) is 25.1 Å². The molecule has 0 aliphatic heterocycles. The van der Waals surface area contributed by atoms with E-state index < -0.39 is 17.0 Å². The van der Waals surface area contributed by atoms with E-state index in [1.54, 1.807) is 6.92 Å². The molecule has 0 saturated carbocycles. The maximum atomic E-state index is 12.3. The van der Waals surface area contributed by atoms with Gasteiger partial charge in [-0.3, -0.25) is 14.9 Å². The second-order valence-corrected chi connectivity index (χ2v) is 8.64. The third-order valence-corrected chi connectivity index (χ3v) is 5.68. The minimum absolute atomic E-state index is 0.181. The SMILES string of the molecule is CCCCC/C=C/C/C=C/C/C=C/C/C=C\CCCC(=O)O[C@H](C)c1cc(OC)c(OC)cc1[N+](=O)[O-]. The number of nitrogens with zero attached hydrogens (tertiary/aromatic N) is 1. The summed E-state index contributed by atoms with van der Waals surface area (Å²) in [5.41, 5.74) is 0.0791. The summed E-state index contributed by atoms with van der Waals surface area (Å²) in [5, 5.41) is 11.5. The van der Waals surface area contributed by atoms with Gasteiger partial charge in [-0.2, -0.15) is 0 Å². The average molecular weight is 514 g/mol. The fraction of sp³-hybridized carbons (Fsp3) is 0.500. The molecule has 7 nitrogen and oxygen atoms in total. The number of carbonyl (C=O) groups excluding carboxylic acids is 1. The zero-order valence-corrected chi connectivity index (χ0v) is 22.8. The lowest BCUT2D eigenvalue weighted by atomic mass is 10.1. The lowest BCUT2D eigenvalue weighted by molar-refractivity contribution is -0.386. The number of esters is 1. The molecule has 0 aliphatic rings. The van der Waals surface area contributed by atoms with Gasteiger partial charge in [-0.15, -0.1) is 0 Å². The molecule has 0 N–H and O–H groups in total. The Labute approximate surface area is 222 Å². The number of nitro benzene ring substituents is 1. The van der Waals surface area contributed by atoms with Crippen molar-refractivity contribution < 1.29 is 23.9 Å². The first kappa shape index (κ1) is 31.7. The molecule has 0 heterocycles. The highest BCUT2D eigenvalue weighted by atomic mass is 16.6. The maximum Gasteiger partial charge on any atom is 0.306 e. The van der Waals surface area contributed by atoms with Crippen LogP contribution in [0, 0.1) is 10.1 Å². The van der Waals surface area contributed by atoms with Crippen molar-refractivity contribution in [2.24, 2.45) is 0 Å². The van der Waals surface area contributed by atoms with Crippen LogP contribution in [0.25, 0.3) is 0 Å². The normalized spacial score (nSPS) is 12.6. The van der Waals surface area contributed by atoms with Crippen LogP contribution in [-0.2, 0) is 9.53 Å². The van der Waals surface area contributed by atoms with Crippen LogP contribution in [0.15, 0.2) is 60.7 Å². The molecule has 0 radical (unpaired) electrons. The van der Waals surface area contributed by atoms with Crippen LogP contribution in [0.3, 0.4) is 0 Å². The summed E-state index contributed by atoms with van der Waals surface area (Å²) in [7, 11) is 2.85. The predicted molar refractivity (Wildman–Crippen MR) is 149 cm³/mol. The molecule has 0 spiro atoms. The quantitative estimate of drug-likeness (QED) is 0.0607. The molecule has 37 heavy (non-hydrogen) atoms. The highest BCUT2D eigenvalue weighted by Crippen LogP contribution is 2.38. The molecule has 1 aromatic carbocycles. The number of hydrogen-bond acceptors (Lipinski definition) is 6. The zero-order valence-electron chi connectivity index (χ0n) is 22.8. The van der Waals surface area contributed by atoms with Gasteiger partial charge in [0.1, 0.15) is 6.10 Å². The van der Waals surface area contributed by atoms with E-state index in [-0.39, 0.29) is 23.4 Å². The Bertz CT molecular complexity index is 932. The number of rotatable bonds is 19.